The van der Waals surface area contributed by atoms with E-state index in [4.69, 9.17) is 27.6 Å². The van der Waals surface area contributed by atoms with Crippen LogP contribution in [0.4, 0.5) is 0 Å². The van der Waals surface area contributed by atoms with Crippen LogP contribution in [-0.4, -0.2) is 27.3 Å². The Morgan fingerprint density at radius 3 is 2.60 bits per heavy atom. The first-order valence-corrected chi connectivity index (χ1v) is 12.1. The number of carbonyl (C=O) groups excluding carboxylic acids is 1. The van der Waals surface area contributed by atoms with Crippen molar-refractivity contribution in [2.75, 3.05) is 6.54 Å². The molecule has 4 aromatic rings. The standard InChI is InChI=1S/C27H26Cl2N4O2/c1-19(20-7-3-2-4-8-20)33(16-21-10-11-22(28)15-24(21)29)17-26-32-25(18-35-26)27(34)31-14-12-23-9-5-6-13-30-23/h2-11,13,15,18-19H,12,14,16-17H2,1H3,(H,31,34)/t19-/m1/s1. The molecule has 35 heavy (non-hydrogen) atoms. The van der Waals surface area contributed by atoms with Gasteiger partial charge in [-0.1, -0.05) is 65.7 Å². The Balaban J connectivity index is 1.45. The van der Waals surface area contributed by atoms with Crippen molar-refractivity contribution in [3.8, 4) is 0 Å². The number of nitrogens with one attached hydrogen (secondary N) is 1. The fourth-order valence-corrected chi connectivity index (χ4v) is 4.21. The van der Waals surface area contributed by atoms with Crippen molar-refractivity contribution in [1.29, 1.82) is 0 Å². The molecule has 2 heterocycles. The highest BCUT2D eigenvalue weighted by Crippen LogP contribution is 2.28. The molecule has 0 fully saturated rings. The molecule has 1 amide bonds. The van der Waals surface area contributed by atoms with Gasteiger partial charge >= 0.3 is 0 Å². The predicted octanol–water partition coefficient (Wildman–Crippen LogP) is 6.11. The van der Waals surface area contributed by atoms with E-state index < -0.39 is 0 Å². The van der Waals surface area contributed by atoms with Crippen LogP contribution in [0, 0.1) is 0 Å². The van der Waals surface area contributed by atoms with Crippen molar-refractivity contribution in [1.82, 2.24) is 20.2 Å². The molecule has 4 rings (SSSR count). The molecule has 6 nitrogen and oxygen atoms in total. The van der Waals surface area contributed by atoms with E-state index >= 15 is 0 Å². The second-order valence-corrected chi connectivity index (χ2v) is 9.02. The third-order valence-corrected chi connectivity index (χ3v) is 6.32. The number of benzene rings is 2. The van der Waals surface area contributed by atoms with Gasteiger partial charge in [-0.25, -0.2) is 4.98 Å². The Bertz CT molecular complexity index is 1250. The van der Waals surface area contributed by atoms with Crippen molar-refractivity contribution >= 4 is 29.1 Å². The zero-order valence-corrected chi connectivity index (χ0v) is 20.8. The first-order valence-electron chi connectivity index (χ1n) is 11.3. The summed E-state index contributed by atoms with van der Waals surface area (Å²) in [4.78, 5) is 23.5. The van der Waals surface area contributed by atoms with Crippen molar-refractivity contribution in [3.63, 3.8) is 0 Å². The molecule has 0 saturated carbocycles. The van der Waals surface area contributed by atoms with E-state index in [-0.39, 0.29) is 17.6 Å². The van der Waals surface area contributed by atoms with Crippen molar-refractivity contribution in [2.24, 2.45) is 0 Å². The van der Waals surface area contributed by atoms with Gasteiger partial charge in [-0.2, -0.15) is 0 Å². The summed E-state index contributed by atoms with van der Waals surface area (Å²) in [5, 5.41) is 4.06. The molecule has 0 aliphatic heterocycles. The number of amides is 1. The molecular formula is C27H26Cl2N4O2. The smallest absolute Gasteiger partial charge is 0.273 e. The van der Waals surface area contributed by atoms with Crippen LogP contribution in [0.3, 0.4) is 0 Å². The van der Waals surface area contributed by atoms with Crippen LogP contribution in [0.1, 0.15) is 46.2 Å². The van der Waals surface area contributed by atoms with Crippen LogP contribution < -0.4 is 5.32 Å². The van der Waals surface area contributed by atoms with E-state index in [0.29, 0.717) is 42.0 Å². The maximum atomic E-state index is 12.6. The molecule has 1 atom stereocenters. The number of carbonyl (C=O) groups is 1. The van der Waals surface area contributed by atoms with Crippen LogP contribution in [0.5, 0.6) is 0 Å². The van der Waals surface area contributed by atoms with Gasteiger partial charge in [0.2, 0.25) is 5.89 Å². The summed E-state index contributed by atoms with van der Waals surface area (Å²) in [5.74, 6) is 0.173. The Labute approximate surface area is 214 Å². The number of pyridine rings is 1. The second-order valence-electron chi connectivity index (χ2n) is 8.18. The molecule has 0 saturated heterocycles. The molecule has 2 aromatic carbocycles. The molecule has 2 aromatic heterocycles. The Hall–Kier alpha value is -3.19. The minimum absolute atomic E-state index is 0.0468. The van der Waals surface area contributed by atoms with E-state index in [9.17, 15) is 4.79 Å². The number of rotatable bonds is 10. The number of oxazole rings is 1. The van der Waals surface area contributed by atoms with Gasteiger partial charge in [0.1, 0.15) is 6.26 Å². The molecule has 0 aliphatic carbocycles. The van der Waals surface area contributed by atoms with Gasteiger partial charge in [0.15, 0.2) is 5.69 Å². The van der Waals surface area contributed by atoms with Gasteiger partial charge in [-0.3, -0.25) is 14.7 Å². The lowest BCUT2D eigenvalue weighted by Crippen LogP contribution is -2.27. The first kappa shape index (κ1) is 24.9. The van der Waals surface area contributed by atoms with Crippen molar-refractivity contribution in [3.05, 3.63) is 118 Å². The minimum atomic E-state index is -0.278. The Morgan fingerprint density at radius 1 is 1.06 bits per heavy atom. The van der Waals surface area contributed by atoms with E-state index in [0.717, 1.165) is 16.8 Å². The van der Waals surface area contributed by atoms with Crippen LogP contribution in [0.15, 0.2) is 83.6 Å². The van der Waals surface area contributed by atoms with Crippen molar-refractivity contribution in [2.45, 2.75) is 32.5 Å². The van der Waals surface area contributed by atoms with Gasteiger partial charge in [0.05, 0.1) is 6.54 Å². The number of halogens is 2. The lowest BCUT2D eigenvalue weighted by Gasteiger charge is -2.28. The molecule has 0 spiro atoms. The molecular weight excluding hydrogens is 483 g/mol. The summed E-state index contributed by atoms with van der Waals surface area (Å²) in [6.45, 7) is 3.54. The lowest BCUT2D eigenvalue weighted by atomic mass is 10.1. The van der Waals surface area contributed by atoms with Crippen LogP contribution >= 0.6 is 23.2 Å². The summed E-state index contributed by atoms with van der Waals surface area (Å²) < 4.78 is 5.67. The predicted molar refractivity (Wildman–Crippen MR) is 137 cm³/mol. The van der Waals surface area contributed by atoms with E-state index in [2.05, 4.69) is 39.2 Å². The van der Waals surface area contributed by atoms with Crippen molar-refractivity contribution < 1.29 is 9.21 Å². The molecule has 0 unspecified atom stereocenters. The average molecular weight is 509 g/mol. The van der Waals surface area contributed by atoms with Crippen LogP contribution in [0.2, 0.25) is 10.0 Å². The van der Waals surface area contributed by atoms with E-state index in [1.807, 2.05) is 48.5 Å². The second kappa shape index (κ2) is 12.0. The molecule has 0 bridgehead atoms. The van der Waals surface area contributed by atoms with E-state index in [1.54, 1.807) is 12.3 Å². The fourth-order valence-electron chi connectivity index (χ4n) is 3.74. The van der Waals surface area contributed by atoms with Gasteiger partial charge in [-0.15, -0.1) is 0 Å². The molecule has 8 heteroatoms. The van der Waals surface area contributed by atoms with Crippen LogP contribution in [-0.2, 0) is 19.5 Å². The molecule has 1 N–H and O–H groups in total. The molecule has 0 aliphatic rings. The third-order valence-electron chi connectivity index (χ3n) is 5.73. The molecule has 180 valence electrons. The lowest BCUT2D eigenvalue weighted by molar-refractivity contribution is 0.0949. The highest BCUT2D eigenvalue weighted by Gasteiger charge is 2.21. The topological polar surface area (TPSA) is 71.3 Å². The fraction of sp³-hybridized carbons (Fsp3) is 0.222. The number of hydrogen-bond donors (Lipinski definition) is 1. The minimum Gasteiger partial charge on any atom is -0.447 e. The summed E-state index contributed by atoms with van der Waals surface area (Å²) in [6, 6.07) is 21.4. The Morgan fingerprint density at radius 2 is 1.86 bits per heavy atom. The largest absolute Gasteiger partial charge is 0.447 e. The van der Waals surface area contributed by atoms with Gasteiger partial charge < -0.3 is 9.73 Å². The number of aromatic nitrogens is 2. The third kappa shape index (κ3) is 6.92. The summed E-state index contributed by atoms with van der Waals surface area (Å²) >= 11 is 12.5. The number of hydrogen-bond acceptors (Lipinski definition) is 5. The normalized spacial score (nSPS) is 12.0. The summed E-state index contributed by atoms with van der Waals surface area (Å²) in [6.07, 6.45) is 3.77. The zero-order valence-electron chi connectivity index (χ0n) is 19.3. The first-order chi connectivity index (χ1) is 17.0. The SMILES string of the molecule is C[C@H](c1ccccc1)N(Cc1nc(C(=O)NCCc2ccccn2)co1)Cc1ccc(Cl)cc1Cl. The summed E-state index contributed by atoms with van der Waals surface area (Å²) in [5.41, 5.74) is 3.26. The van der Waals surface area contributed by atoms with Gasteiger partial charge in [-0.05, 0) is 42.3 Å². The summed E-state index contributed by atoms with van der Waals surface area (Å²) in [7, 11) is 0. The van der Waals surface area contributed by atoms with E-state index in [1.165, 1.54) is 6.26 Å². The molecule has 0 radical (unpaired) electrons. The quantitative estimate of drug-likeness (QED) is 0.279. The number of nitrogens with zero attached hydrogens (tertiary/aromatic N) is 3. The highest BCUT2D eigenvalue weighted by atomic mass is 35.5. The van der Waals surface area contributed by atoms with Gasteiger partial charge in [0, 0.05) is 47.5 Å². The van der Waals surface area contributed by atoms with Crippen LogP contribution in [0.25, 0.3) is 0 Å². The Kier molecular flexibility index (Phi) is 8.53. The monoisotopic (exact) mass is 508 g/mol. The van der Waals surface area contributed by atoms with Gasteiger partial charge in [0.25, 0.3) is 5.91 Å². The maximum absolute atomic E-state index is 12.6. The highest BCUT2D eigenvalue weighted by molar-refractivity contribution is 6.35. The zero-order chi connectivity index (χ0) is 24.6. The average Bonchev–Trinajstić information content (AvgIpc) is 3.34. The maximum Gasteiger partial charge on any atom is 0.273 e.